The quantitative estimate of drug-likeness (QED) is 0.652. The predicted molar refractivity (Wildman–Crippen MR) is 108 cm³/mol. The fourth-order valence-corrected chi connectivity index (χ4v) is 5.43. The number of carbonyl (C=O) groups excluding carboxylic acids is 1. The molecule has 9 heteroatoms. The van der Waals surface area contributed by atoms with Crippen molar-refractivity contribution in [1.82, 2.24) is 14.7 Å². The third-order valence-electron chi connectivity index (χ3n) is 5.72. The number of fused-ring (bicyclic) bond motifs is 2. The minimum absolute atomic E-state index is 0.0763. The van der Waals surface area contributed by atoms with E-state index in [9.17, 15) is 13.2 Å². The number of primary amides is 1. The highest BCUT2D eigenvalue weighted by Crippen LogP contribution is 2.46. The first kappa shape index (κ1) is 18.0. The van der Waals surface area contributed by atoms with Crippen LogP contribution in [-0.4, -0.2) is 43.4 Å². The summed E-state index contributed by atoms with van der Waals surface area (Å²) in [6.07, 6.45) is 2.82. The van der Waals surface area contributed by atoms with Crippen LogP contribution in [-0.2, 0) is 10.0 Å². The molecule has 1 aliphatic heterocycles. The van der Waals surface area contributed by atoms with E-state index in [1.54, 1.807) is 12.1 Å². The first-order chi connectivity index (χ1) is 13.9. The van der Waals surface area contributed by atoms with E-state index in [1.807, 2.05) is 35.2 Å². The number of piperidine rings is 1. The highest BCUT2D eigenvalue weighted by molar-refractivity contribution is 7.89. The van der Waals surface area contributed by atoms with Crippen LogP contribution in [0.15, 0.2) is 59.8 Å². The number of nitrogens with two attached hydrogens (primary N) is 1. The van der Waals surface area contributed by atoms with Gasteiger partial charge >= 0.3 is 0 Å². The summed E-state index contributed by atoms with van der Waals surface area (Å²) >= 11 is 0. The molecule has 148 valence electrons. The maximum Gasteiger partial charge on any atom is 0.251 e. The van der Waals surface area contributed by atoms with Crippen molar-refractivity contribution >= 4 is 32.7 Å². The van der Waals surface area contributed by atoms with Gasteiger partial charge in [0.05, 0.1) is 10.5 Å². The van der Waals surface area contributed by atoms with E-state index < -0.39 is 15.9 Å². The van der Waals surface area contributed by atoms with Gasteiger partial charge in [-0.1, -0.05) is 30.3 Å². The van der Waals surface area contributed by atoms with Gasteiger partial charge in [0.25, 0.3) is 5.91 Å². The Hall–Kier alpha value is -3.04. The van der Waals surface area contributed by atoms with Crippen molar-refractivity contribution in [2.75, 3.05) is 18.0 Å². The van der Waals surface area contributed by atoms with Gasteiger partial charge in [0.2, 0.25) is 16.0 Å². The van der Waals surface area contributed by atoms with Crippen molar-refractivity contribution in [3.8, 4) is 0 Å². The third kappa shape index (κ3) is 3.22. The zero-order valence-corrected chi connectivity index (χ0v) is 16.2. The van der Waals surface area contributed by atoms with Gasteiger partial charge in [-0.2, -0.15) is 0 Å². The van der Waals surface area contributed by atoms with E-state index in [2.05, 4.69) is 14.7 Å². The number of hydrogen-bond donors (Lipinski definition) is 2. The number of aromatic nitrogens is 2. The van der Waals surface area contributed by atoms with Gasteiger partial charge in [0.1, 0.15) is 0 Å². The van der Waals surface area contributed by atoms with Gasteiger partial charge in [-0.15, -0.1) is 0 Å². The van der Waals surface area contributed by atoms with Crippen LogP contribution in [0.3, 0.4) is 0 Å². The molecule has 3 aromatic rings. The molecule has 1 aliphatic carbocycles. The van der Waals surface area contributed by atoms with Crippen molar-refractivity contribution in [3.63, 3.8) is 0 Å². The van der Waals surface area contributed by atoms with Crippen LogP contribution in [0.2, 0.25) is 0 Å². The Kier molecular flexibility index (Phi) is 4.04. The molecule has 2 aromatic carbocycles. The van der Waals surface area contributed by atoms with Crippen LogP contribution in [0.5, 0.6) is 0 Å². The second-order valence-electron chi connectivity index (χ2n) is 7.52. The van der Waals surface area contributed by atoms with Crippen LogP contribution in [0.4, 0.5) is 5.95 Å². The molecule has 2 fully saturated rings. The van der Waals surface area contributed by atoms with Crippen molar-refractivity contribution in [2.24, 2.45) is 17.6 Å². The molecule has 0 spiro atoms. The lowest BCUT2D eigenvalue weighted by Gasteiger charge is -2.20. The summed E-state index contributed by atoms with van der Waals surface area (Å²) in [6.45, 7) is 1.34. The molecule has 29 heavy (non-hydrogen) atoms. The predicted octanol–water partition coefficient (Wildman–Crippen LogP) is 1.14. The smallest absolute Gasteiger partial charge is 0.251 e. The number of nitrogens with one attached hydrogen (secondary N) is 1. The highest BCUT2D eigenvalue weighted by atomic mass is 32.2. The Morgan fingerprint density at radius 3 is 2.34 bits per heavy atom. The molecule has 1 saturated carbocycles. The number of hydrogen-bond acceptors (Lipinski definition) is 6. The molecule has 5 rings (SSSR count). The standard InChI is InChI=1S/C20H19N5O3S/c21-19(26)14-8-22-20(23-9-14)25-10-16-17(11-25)18(16)24-29(27,28)15-6-5-12-3-1-2-4-13(12)7-15/h1-9,16-18,24H,10-11H2,(H2,21,26). The average molecular weight is 409 g/mol. The van der Waals surface area contributed by atoms with E-state index >= 15 is 0 Å². The Morgan fingerprint density at radius 1 is 1.03 bits per heavy atom. The van der Waals surface area contributed by atoms with Gasteiger partial charge < -0.3 is 10.6 Å². The molecule has 2 heterocycles. The lowest BCUT2D eigenvalue weighted by atomic mass is 10.1. The van der Waals surface area contributed by atoms with E-state index in [4.69, 9.17) is 5.73 Å². The topological polar surface area (TPSA) is 118 Å². The van der Waals surface area contributed by atoms with Crippen LogP contribution in [0, 0.1) is 11.8 Å². The van der Waals surface area contributed by atoms with Crippen molar-refractivity contribution in [1.29, 1.82) is 0 Å². The monoisotopic (exact) mass is 409 g/mol. The molecule has 2 atom stereocenters. The van der Waals surface area contributed by atoms with E-state index in [0.29, 0.717) is 19.0 Å². The summed E-state index contributed by atoms with van der Waals surface area (Å²) in [6, 6.07) is 12.8. The number of amides is 1. The van der Waals surface area contributed by atoms with Crippen LogP contribution in [0.25, 0.3) is 10.8 Å². The van der Waals surface area contributed by atoms with Crippen molar-refractivity contribution in [2.45, 2.75) is 10.9 Å². The maximum atomic E-state index is 12.8. The van der Waals surface area contributed by atoms with E-state index in [1.165, 1.54) is 12.4 Å². The van der Waals surface area contributed by atoms with Gasteiger partial charge in [0.15, 0.2) is 0 Å². The van der Waals surface area contributed by atoms with E-state index in [0.717, 1.165) is 10.8 Å². The second-order valence-corrected chi connectivity index (χ2v) is 9.24. The summed E-state index contributed by atoms with van der Waals surface area (Å²) in [5.41, 5.74) is 5.47. The number of sulfonamides is 1. The summed E-state index contributed by atoms with van der Waals surface area (Å²) < 4.78 is 28.5. The Labute approximate surface area is 167 Å². The molecule has 0 bridgehead atoms. The fraction of sp³-hybridized carbons (Fsp3) is 0.250. The zero-order valence-electron chi connectivity index (χ0n) is 15.4. The van der Waals surface area contributed by atoms with E-state index in [-0.39, 0.29) is 28.3 Å². The fourth-order valence-electron chi connectivity index (χ4n) is 4.06. The van der Waals surface area contributed by atoms with Crippen molar-refractivity contribution in [3.05, 3.63) is 60.4 Å². The number of rotatable bonds is 5. The van der Waals surface area contributed by atoms with Crippen molar-refractivity contribution < 1.29 is 13.2 Å². The first-order valence-corrected chi connectivity index (χ1v) is 10.8. The molecule has 2 unspecified atom stereocenters. The molecule has 3 N–H and O–H groups in total. The SMILES string of the molecule is NC(=O)c1cnc(N2CC3C(C2)C3NS(=O)(=O)c2ccc3ccccc3c2)nc1. The maximum absolute atomic E-state index is 12.8. The Bertz CT molecular complexity index is 1200. The number of carbonyl (C=O) groups is 1. The second kappa shape index (κ2) is 6.50. The molecule has 1 amide bonds. The molecule has 1 saturated heterocycles. The number of nitrogens with zero attached hydrogens (tertiary/aromatic N) is 3. The number of benzene rings is 2. The van der Waals surface area contributed by atoms with Gasteiger partial charge in [0, 0.05) is 31.5 Å². The highest BCUT2D eigenvalue weighted by Gasteiger charge is 2.57. The third-order valence-corrected chi connectivity index (χ3v) is 7.18. The first-order valence-electron chi connectivity index (χ1n) is 9.30. The summed E-state index contributed by atoms with van der Waals surface area (Å²) in [5, 5.41) is 1.90. The molecular formula is C20H19N5O3S. The molecule has 1 aromatic heterocycles. The number of anilines is 1. The van der Waals surface area contributed by atoms with Crippen LogP contribution >= 0.6 is 0 Å². The Balaban J connectivity index is 1.26. The van der Waals surface area contributed by atoms with Crippen LogP contribution < -0.4 is 15.4 Å². The van der Waals surface area contributed by atoms with Gasteiger partial charge in [-0.3, -0.25) is 4.79 Å². The lowest BCUT2D eigenvalue weighted by molar-refractivity contribution is 0.0999. The van der Waals surface area contributed by atoms with Gasteiger partial charge in [-0.05, 0) is 34.7 Å². The summed E-state index contributed by atoms with van der Waals surface area (Å²) in [7, 11) is -3.58. The summed E-state index contributed by atoms with van der Waals surface area (Å²) in [5.74, 6) is 0.414. The average Bonchev–Trinajstić information content (AvgIpc) is 3.14. The summed E-state index contributed by atoms with van der Waals surface area (Å²) in [4.78, 5) is 21.8. The molecular weight excluding hydrogens is 390 g/mol. The van der Waals surface area contributed by atoms with Gasteiger partial charge in [-0.25, -0.2) is 23.1 Å². The lowest BCUT2D eigenvalue weighted by Crippen LogP contribution is -2.35. The molecule has 0 radical (unpaired) electrons. The Morgan fingerprint density at radius 2 is 1.69 bits per heavy atom. The molecule has 8 nitrogen and oxygen atoms in total. The minimum atomic E-state index is -3.58. The molecule has 2 aliphatic rings. The largest absolute Gasteiger partial charge is 0.366 e. The normalized spacial score (nSPS) is 23.2. The zero-order chi connectivity index (χ0) is 20.2. The van der Waals surface area contributed by atoms with Crippen LogP contribution in [0.1, 0.15) is 10.4 Å². The minimum Gasteiger partial charge on any atom is -0.366 e.